The smallest absolute Gasteiger partial charge is 0.337 e. The summed E-state index contributed by atoms with van der Waals surface area (Å²) in [7, 11) is 0. The van der Waals surface area contributed by atoms with Crippen LogP contribution in [0, 0.1) is 12.7 Å². The highest BCUT2D eigenvalue weighted by Gasteiger charge is 2.07. The van der Waals surface area contributed by atoms with Crippen LogP contribution >= 0.6 is 0 Å². The van der Waals surface area contributed by atoms with E-state index in [9.17, 15) is 14.0 Å². The Balaban J connectivity index is 2.62. The van der Waals surface area contributed by atoms with Crippen molar-refractivity contribution in [2.75, 3.05) is 0 Å². The van der Waals surface area contributed by atoms with Crippen molar-refractivity contribution in [2.45, 2.75) is 6.92 Å². The van der Waals surface area contributed by atoms with E-state index in [1.54, 1.807) is 6.92 Å². The van der Waals surface area contributed by atoms with Crippen LogP contribution < -0.4 is 5.56 Å². The molecule has 5 heteroatoms. The molecule has 0 aliphatic rings. The van der Waals surface area contributed by atoms with Crippen molar-refractivity contribution in [3.8, 4) is 5.69 Å². The summed E-state index contributed by atoms with van der Waals surface area (Å²) >= 11 is 0. The number of carboxylic acids is 1. The van der Waals surface area contributed by atoms with Gasteiger partial charge in [0.25, 0.3) is 5.56 Å². The van der Waals surface area contributed by atoms with Gasteiger partial charge in [-0.3, -0.25) is 9.36 Å². The lowest BCUT2D eigenvalue weighted by Crippen LogP contribution is -2.18. The molecule has 1 aromatic heterocycles. The van der Waals surface area contributed by atoms with Gasteiger partial charge in [-0.25, -0.2) is 9.18 Å². The highest BCUT2D eigenvalue weighted by molar-refractivity contribution is 5.87. The minimum Gasteiger partial charge on any atom is -0.478 e. The topological polar surface area (TPSA) is 59.3 Å². The molecular weight excluding hydrogens is 237 g/mol. The van der Waals surface area contributed by atoms with E-state index in [2.05, 4.69) is 0 Å². The van der Waals surface area contributed by atoms with Crippen LogP contribution in [-0.4, -0.2) is 15.6 Å². The summed E-state index contributed by atoms with van der Waals surface area (Å²) in [5.74, 6) is -1.50. The largest absolute Gasteiger partial charge is 0.478 e. The first-order chi connectivity index (χ1) is 8.49. The van der Waals surface area contributed by atoms with Crippen molar-refractivity contribution in [3.05, 3.63) is 63.8 Å². The number of aryl methyl sites for hydroxylation is 1. The molecular formula is C13H10FNO3. The fraction of sp³-hybridized carbons (Fsp3) is 0.0769. The van der Waals surface area contributed by atoms with Crippen LogP contribution in [0.1, 0.15) is 15.9 Å². The van der Waals surface area contributed by atoms with Crippen LogP contribution in [0.25, 0.3) is 5.69 Å². The molecule has 92 valence electrons. The molecule has 0 atom stereocenters. The Hall–Kier alpha value is -2.43. The van der Waals surface area contributed by atoms with Gasteiger partial charge in [-0.05, 0) is 36.8 Å². The summed E-state index contributed by atoms with van der Waals surface area (Å²) in [6.07, 6.45) is 1.22. The standard InChI is InChI=1S/C13H10FNO3/c1-8-6-10(3-4-11(8)14)15-7-9(13(17)18)2-5-12(15)16/h2-7H,1H3,(H,17,18). The van der Waals surface area contributed by atoms with E-state index >= 15 is 0 Å². The van der Waals surface area contributed by atoms with Gasteiger partial charge < -0.3 is 5.11 Å². The average Bonchev–Trinajstić information content (AvgIpc) is 2.33. The maximum atomic E-state index is 13.1. The summed E-state index contributed by atoms with van der Waals surface area (Å²) < 4.78 is 14.3. The number of aromatic nitrogens is 1. The summed E-state index contributed by atoms with van der Waals surface area (Å²) in [6.45, 7) is 1.57. The summed E-state index contributed by atoms with van der Waals surface area (Å²) in [5.41, 5.74) is 0.449. The molecule has 1 aromatic carbocycles. The van der Waals surface area contributed by atoms with Gasteiger partial charge in [0.1, 0.15) is 5.82 Å². The molecule has 0 saturated carbocycles. The third-order valence-corrected chi connectivity index (χ3v) is 2.58. The van der Waals surface area contributed by atoms with E-state index < -0.39 is 5.97 Å². The Morgan fingerprint density at radius 1 is 1.28 bits per heavy atom. The normalized spacial score (nSPS) is 10.3. The molecule has 0 spiro atoms. The fourth-order valence-corrected chi connectivity index (χ4v) is 1.59. The first-order valence-electron chi connectivity index (χ1n) is 5.21. The van der Waals surface area contributed by atoms with Crippen LogP contribution in [0.2, 0.25) is 0 Å². The Morgan fingerprint density at radius 2 is 2.00 bits per heavy atom. The number of rotatable bonds is 2. The minimum atomic E-state index is -1.12. The number of carbonyl (C=O) groups is 1. The van der Waals surface area contributed by atoms with Gasteiger partial charge in [0.15, 0.2) is 0 Å². The van der Waals surface area contributed by atoms with Crippen molar-refractivity contribution in [3.63, 3.8) is 0 Å². The number of hydrogen-bond acceptors (Lipinski definition) is 2. The summed E-state index contributed by atoms with van der Waals surface area (Å²) in [5, 5.41) is 8.87. The Labute approximate surface area is 102 Å². The molecule has 2 aromatic rings. The summed E-state index contributed by atoms with van der Waals surface area (Å²) in [6, 6.07) is 6.56. The zero-order valence-corrected chi connectivity index (χ0v) is 9.55. The van der Waals surface area contributed by atoms with Gasteiger partial charge in [-0.2, -0.15) is 0 Å². The zero-order chi connectivity index (χ0) is 13.3. The number of aromatic carboxylic acids is 1. The average molecular weight is 247 g/mol. The predicted octanol–water partition coefficient (Wildman–Crippen LogP) is 1.98. The molecule has 0 radical (unpaired) electrons. The molecule has 0 aliphatic carbocycles. The van der Waals surface area contributed by atoms with Crippen LogP contribution in [-0.2, 0) is 0 Å². The Bertz CT molecular complexity index is 676. The van der Waals surface area contributed by atoms with E-state index in [1.165, 1.54) is 41.1 Å². The Kier molecular flexibility index (Phi) is 2.97. The van der Waals surface area contributed by atoms with Crippen molar-refractivity contribution >= 4 is 5.97 Å². The second-order valence-corrected chi connectivity index (χ2v) is 3.86. The predicted molar refractivity (Wildman–Crippen MR) is 63.7 cm³/mol. The fourth-order valence-electron chi connectivity index (χ4n) is 1.59. The first kappa shape index (κ1) is 12.0. The Morgan fingerprint density at radius 3 is 2.61 bits per heavy atom. The highest BCUT2D eigenvalue weighted by Crippen LogP contribution is 2.12. The van der Waals surface area contributed by atoms with Crippen LogP contribution in [0.4, 0.5) is 4.39 Å². The van der Waals surface area contributed by atoms with Crippen LogP contribution in [0.5, 0.6) is 0 Å². The van der Waals surface area contributed by atoms with Crippen molar-refractivity contribution in [1.82, 2.24) is 4.57 Å². The molecule has 18 heavy (non-hydrogen) atoms. The quantitative estimate of drug-likeness (QED) is 0.882. The number of halogens is 1. The van der Waals surface area contributed by atoms with Gasteiger partial charge in [-0.15, -0.1) is 0 Å². The maximum Gasteiger partial charge on any atom is 0.337 e. The lowest BCUT2D eigenvalue weighted by atomic mass is 10.2. The second-order valence-electron chi connectivity index (χ2n) is 3.86. The van der Waals surface area contributed by atoms with E-state index in [4.69, 9.17) is 5.11 Å². The zero-order valence-electron chi connectivity index (χ0n) is 9.55. The van der Waals surface area contributed by atoms with E-state index in [-0.39, 0.29) is 16.9 Å². The first-order valence-corrected chi connectivity index (χ1v) is 5.21. The van der Waals surface area contributed by atoms with Crippen molar-refractivity contribution < 1.29 is 14.3 Å². The monoisotopic (exact) mass is 247 g/mol. The lowest BCUT2D eigenvalue weighted by molar-refractivity contribution is 0.0696. The van der Waals surface area contributed by atoms with Gasteiger partial charge in [0.2, 0.25) is 0 Å². The molecule has 0 saturated heterocycles. The van der Waals surface area contributed by atoms with Gasteiger partial charge in [-0.1, -0.05) is 0 Å². The lowest BCUT2D eigenvalue weighted by Gasteiger charge is -2.07. The molecule has 0 aliphatic heterocycles. The van der Waals surface area contributed by atoms with Crippen molar-refractivity contribution in [2.24, 2.45) is 0 Å². The van der Waals surface area contributed by atoms with E-state index in [0.29, 0.717) is 11.3 Å². The number of carboxylic acid groups (broad SMARTS) is 1. The number of pyridine rings is 1. The molecule has 0 amide bonds. The second kappa shape index (κ2) is 4.44. The van der Waals surface area contributed by atoms with E-state index in [1.807, 2.05) is 0 Å². The maximum absolute atomic E-state index is 13.1. The third kappa shape index (κ3) is 2.15. The van der Waals surface area contributed by atoms with Gasteiger partial charge >= 0.3 is 5.97 Å². The number of hydrogen-bond donors (Lipinski definition) is 1. The van der Waals surface area contributed by atoms with Crippen LogP contribution in [0.15, 0.2) is 41.3 Å². The highest BCUT2D eigenvalue weighted by atomic mass is 19.1. The molecule has 2 rings (SSSR count). The van der Waals surface area contributed by atoms with Gasteiger partial charge in [0, 0.05) is 18.0 Å². The number of nitrogens with zero attached hydrogens (tertiary/aromatic N) is 1. The molecule has 1 N–H and O–H groups in total. The van der Waals surface area contributed by atoms with Gasteiger partial charge in [0.05, 0.1) is 5.56 Å². The third-order valence-electron chi connectivity index (χ3n) is 2.58. The van der Waals surface area contributed by atoms with Crippen LogP contribution in [0.3, 0.4) is 0 Å². The molecule has 0 bridgehead atoms. The molecule has 0 unspecified atom stereocenters. The molecule has 1 heterocycles. The molecule has 0 fully saturated rings. The minimum absolute atomic E-state index is 0.00317. The molecule has 4 nitrogen and oxygen atoms in total. The summed E-state index contributed by atoms with van der Waals surface area (Å²) in [4.78, 5) is 22.5. The SMILES string of the molecule is Cc1cc(-n2cc(C(=O)O)ccc2=O)ccc1F. The van der Waals surface area contributed by atoms with E-state index in [0.717, 1.165) is 0 Å². The number of benzene rings is 1. The van der Waals surface area contributed by atoms with Crippen molar-refractivity contribution in [1.29, 1.82) is 0 Å².